The number of hydrogen-bond acceptors (Lipinski definition) is 3. The minimum Gasteiger partial charge on any atom is -0.196 e. The molecule has 0 bridgehead atoms. The molecule has 0 saturated heterocycles. The maximum atomic E-state index is 9.86. The van der Waals surface area contributed by atoms with Crippen LogP contribution < -0.4 is 0 Å². The summed E-state index contributed by atoms with van der Waals surface area (Å²) in [4.78, 5) is 2.87. The summed E-state index contributed by atoms with van der Waals surface area (Å²) in [5.41, 5.74) is 10.4. The van der Waals surface area contributed by atoms with Crippen LogP contribution in [0.15, 0.2) is 59.7 Å². The number of nitriles is 2. The van der Waals surface area contributed by atoms with E-state index in [9.17, 15) is 10.5 Å². The van der Waals surface area contributed by atoms with E-state index < -0.39 is 11.5 Å². The molecule has 0 saturated carbocycles. The average Bonchev–Trinajstić information content (AvgIpc) is 2.92. The molecule has 0 fully saturated rings. The third kappa shape index (κ3) is 2.25. The molecule has 1 aliphatic carbocycles. The SMILES string of the molecule is N#CC1(C#N)/C(=C(/I)c2ccccc2)c2ccccc2[C@@H]1N=[N+]=[N-]. The van der Waals surface area contributed by atoms with E-state index in [1.54, 1.807) is 6.07 Å². The van der Waals surface area contributed by atoms with Gasteiger partial charge in [-0.25, -0.2) is 0 Å². The first-order chi connectivity index (χ1) is 11.7. The van der Waals surface area contributed by atoms with Gasteiger partial charge in [0.25, 0.3) is 0 Å². The van der Waals surface area contributed by atoms with Crippen LogP contribution in [0.2, 0.25) is 0 Å². The van der Waals surface area contributed by atoms with Crippen molar-refractivity contribution < 1.29 is 0 Å². The summed E-state index contributed by atoms with van der Waals surface area (Å²) in [6.07, 6.45) is 0. The fourth-order valence-electron chi connectivity index (χ4n) is 3.03. The Bertz CT molecular complexity index is 945. The molecule has 24 heavy (non-hydrogen) atoms. The van der Waals surface area contributed by atoms with Crippen molar-refractivity contribution in [2.24, 2.45) is 10.5 Å². The molecule has 6 heteroatoms. The second-order valence-corrected chi connectivity index (χ2v) is 6.36. The molecule has 0 spiro atoms. The number of hydrogen-bond donors (Lipinski definition) is 0. The summed E-state index contributed by atoms with van der Waals surface area (Å²) in [5.74, 6) is 0. The van der Waals surface area contributed by atoms with Gasteiger partial charge >= 0.3 is 0 Å². The smallest absolute Gasteiger partial charge is 0.182 e. The highest BCUT2D eigenvalue weighted by Crippen LogP contribution is 2.58. The third-order valence-electron chi connectivity index (χ3n) is 4.10. The predicted octanol–water partition coefficient (Wildman–Crippen LogP) is 5.39. The Labute approximate surface area is 152 Å². The van der Waals surface area contributed by atoms with Crippen LogP contribution in [-0.2, 0) is 0 Å². The summed E-state index contributed by atoms with van der Waals surface area (Å²) in [6, 6.07) is 20.3. The van der Waals surface area contributed by atoms with Crippen LogP contribution in [0.5, 0.6) is 0 Å². The monoisotopic (exact) mass is 423 g/mol. The lowest BCUT2D eigenvalue weighted by Crippen LogP contribution is -2.20. The van der Waals surface area contributed by atoms with E-state index in [0.717, 1.165) is 14.7 Å². The van der Waals surface area contributed by atoms with Gasteiger partial charge in [-0.15, -0.1) is 0 Å². The van der Waals surface area contributed by atoms with Crippen molar-refractivity contribution in [3.8, 4) is 12.1 Å². The number of fused-ring (bicyclic) bond motifs is 1. The number of halogens is 1. The predicted molar refractivity (Wildman–Crippen MR) is 99.3 cm³/mol. The van der Waals surface area contributed by atoms with Crippen LogP contribution in [0, 0.1) is 28.1 Å². The largest absolute Gasteiger partial charge is 0.196 e. The molecular weight excluding hydrogens is 413 g/mol. The van der Waals surface area contributed by atoms with E-state index in [2.05, 4.69) is 44.8 Å². The maximum absolute atomic E-state index is 9.86. The maximum Gasteiger partial charge on any atom is 0.182 e. The Morgan fingerprint density at radius 3 is 2.33 bits per heavy atom. The van der Waals surface area contributed by atoms with E-state index >= 15 is 0 Å². The van der Waals surface area contributed by atoms with Crippen LogP contribution in [0.3, 0.4) is 0 Å². The van der Waals surface area contributed by atoms with Gasteiger partial charge in [-0.1, -0.05) is 59.7 Å². The molecule has 2 aromatic rings. The minimum atomic E-state index is -1.54. The quantitative estimate of drug-likeness (QED) is 0.280. The standard InChI is InChI=1S/C18H10IN5/c19-16(12-6-2-1-3-7-12)15-13-8-4-5-9-14(13)17(23-24-22)18(15,10-20)11-21/h1-9,17H/b16-15+/t17-/m0/s1. The molecule has 3 rings (SSSR count). The Morgan fingerprint density at radius 1 is 1.08 bits per heavy atom. The van der Waals surface area contributed by atoms with Crippen molar-refractivity contribution >= 4 is 31.7 Å². The molecule has 5 nitrogen and oxygen atoms in total. The molecule has 0 N–H and O–H groups in total. The second kappa shape index (κ2) is 6.37. The molecular formula is C18H10IN5. The molecule has 2 aromatic carbocycles. The zero-order valence-corrected chi connectivity index (χ0v) is 14.5. The van der Waals surface area contributed by atoms with Crippen molar-refractivity contribution in [3.63, 3.8) is 0 Å². The Balaban J connectivity index is 2.42. The van der Waals surface area contributed by atoms with Crippen LogP contribution in [0.1, 0.15) is 22.7 Å². The van der Waals surface area contributed by atoms with E-state index in [-0.39, 0.29) is 0 Å². The van der Waals surface area contributed by atoms with E-state index in [0.29, 0.717) is 11.1 Å². The lowest BCUT2D eigenvalue weighted by atomic mass is 9.79. The molecule has 114 valence electrons. The number of benzene rings is 2. The van der Waals surface area contributed by atoms with Gasteiger partial charge in [0.15, 0.2) is 5.41 Å². The van der Waals surface area contributed by atoms with Crippen LogP contribution in [0.25, 0.3) is 19.6 Å². The zero-order chi connectivity index (χ0) is 17.2. The molecule has 0 heterocycles. The van der Waals surface area contributed by atoms with Crippen molar-refractivity contribution in [3.05, 3.63) is 81.7 Å². The van der Waals surface area contributed by atoms with Gasteiger partial charge in [0.1, 0.15) is 0 Å². The van der Waals surface area contributed by atoms with Crippen LogP contribution in [0.4, 0.5) is 0 Å². The first-order valence-electron chi connectivity index (χ1n) is 7.11. The second-order valence-electron chi connectivity index (χ2n) is 5.28. The highest BCUT2D eigenvalue weighted by Gasteiger charge is 2.52. The zero-order valence-electron chi connectivity index (χ0n) is 12.4. The topological polar surface area (TPSA) is 96.3 Å². The average molecular weight is 423 g/mol. The van der Waals surface area contributed by atoms with Crippen molar-refractivity contribution in [1.82, 2.24) is 0 Å². The molecule has 0 aromatic heterocycles. The Morgan fingerprint density at radius 2 is 1.71 bits per heavy atom. The van der Waals surface area contributed by atoms with E-state index in [1.165, 1.54) is 0 Å². The van der Waals surface area contributed by atoms with Gasteiger partial charge in [-0.3, -0.25) is 0 Å². The van der Waals surface area contributed by atoms with E-state index in [4.69, 9.17) is 5.53 Å². The fourth-order valence-corrected chi connectivity index (χ4v) is 4.10. The number of rotatable bonds is 2. The van der Waals surface area contributed by atoms with Crippen molar-refractivity contribution in [1.29, 1.82) is 10.5 Å². The summed E-state index contributed by atoms with van der Waals surface area (Å²) in [5, 5.41) is 23.5. The highest BCUT2D eigenvalue weighted by molar-refractivity contribution is 14.1. The van der Waals surface area contributed by atoms with E-state index in [1.807, 2.05) is 48.5 Å². The molecule has 1 aliphatic rings. The summed E-state index contributed by atoms with van der Waals surface area (Å²) >= 11 is 2.16. The Kier molecular flexibility index (Phi) is 4.26. The van der Waals surface area contributed by atoms with Gasteiger partial charge in [0.05, 0.1) is 18.2 Å². The molecule has 0 amide bonds. The molecule has 0 radical (unpaired) electrons. The normalized spacial score (nSPS) is 19.4. The highest BCUT2D eigenvalue weighted by atomic mass is 127. The van der Waals surface area contributed by atoms with Crippen LogP contribution in [-0.4, -0.2) is 0 Å². The van der Waals surface area contributed by atoms with Crippen molar-refractivity contribution in [2.45, 2.75) is 6.04 Å². The molecule has 1 atom stereocenters. The number of azide groups is 1. The van der Waals surface area contributed by atoms with Crippen LogP contribution >= 0.6 is 22.6 Å². The van der Waals surface area contributed by atoms with Gasteiger partial charge in [0, 0.05) is 14.1 Å². The summed E-state index contributed by atoms with van der Waals surface area (Å²) in [7, 11) is 0. The molecule has 0 aliphatic heterocycles. The fraction of sp³-hybridized carbons (Fsp3) is 0.111. The first kappa shape index (κ1) is 16.1. The summed E-state index contributed by atoms with van der Waals surface area (Å²) in [6.45, 7) is 0. The lowest BCUT2D eigenvalue weighted by Gasteiger charge is -2.20. The summed E-state index contributed by atoms with van der Waals surface area (Å²) < 4.78 is 0.805. The van der Waals surface area contributed by atoms with Gasteiger partial charge in [-0.2, -0.15) is 10.5 Å². The number of nitrogens with zero attached hydrogens (tertiary/aromatic N) is 5. The van der Waals surface area contributed by atoms with Gasteiger partial charge < -0.3 is 0 Å². The minimum absolute atomic E-state index is 0.604. The van der Waals surface area contributed by atoms with Crippen molar-refractivity contribution in [2.75, 3.05) is 0 Å². The van der Waals surface area contributed by atoms with Gasteiger partial charge in [0.2, 0.25) is 0 Å². The Hall–Kier alpha value is -2.80. The third-order valence-corrected chi connectivity index (χ3v) is 5.26. The lowest BCUT2D eigenvalue weighted by molar-refractivity contribution is 0.557. The first-order valence-corrected chi connectivity index (χ1v) is 8.19. The van der Waals surface area contributed by atoms with Gasteiger partial charge in [-0.05, 0) is 44.8 Å². The molecule has 0 unspecified atom stereocenters.